The number of carbonyl (C=O) groups excluding carboxylic acids is 2. The van der Waals surface area contributed by atoms with Crippen LogP contribution in [0.3, 0.4) is 0 Å². The van der Waals surface area contributed by atoms with Gasteiger partial charge in [-0.05, 0) is 35.9 Å². The molecule has 2 aromatic rings. The van der Waals surface area contributed by atoms with E-state index in [-0.39, 0.29) is 18.1 Å². The maximum absolute atomic E-state index is 12.9. The van der Waals surface area contributed by atoms with E-state index < -0.39 is 11.1 Å². The fourth-order valence-corrected chi connectivity index (χ4v) is 3.28. The summed E-state index contributed by atoms with van der Waals surface area (Å²) < 4.78 is 12.9. The third kappa shape index (κ3) is 5.46. The summed E-state index contributed by atoms with van der Waals surface area (Å²) in [5.74, 6) is -0.921. The summed E-state index contributed by atoms with van der Waals surface area (Å²) in [6.07, 6.45) is 5.16. The van der Waals surface area contributed by atoms with Crippen molar-refractivity contribution in [2.45, 2.75) is 11.7 Å². The Kier molecular flexibility index (Phi) is 6.27. The maximum Gasteiger partial charge on any atom is 0.240 e. The number of carbonyl (C=O) groups is 2. The molecule has 1 N–H and O–H groups in total. The van der Waals surface area contributed by atoms with Gasteiger partial charge in [-0.1, -0.05) is 48.2 Å². The Morgan fingerprint density at radius 2 is 1.89 bits per heavy atom. The van der Waals surface area contributed by atoms with Gasteiger partial charge in [0.1, 0.15) is 5.82 Å². The molecule has 0 aromatic heterocycles. The number of benzene rings is 2. The lowest BCUT2D eigenvalue weighted by Gasteiger charge is -2.04. The zero-order valence-electron chi connectivity index (χ0n) is 14.2. The zero-order chi connectivity index (χ0) is 19.1. The average Bonchev–Trinajstić information content (AvgIpc) is 3.02. The minimum Gasteiger partial charge on any atom is -0.303 e. The van der Waals surface area contributed by atoms with E-state index in [4.69, 9.17) is 0 Å². The Morgan fingerprint density at radius 1 is 1.15 bits per heavy atom. The maximum atomic E-state index is 12.9. The predicted octanol–water partition coefficient (Wildman–Crippen LogP) is 3.69. The highest BCUT2D eigenvalue weighted by molar-refractivity contribution is 8.15. The topological polar surface area (TPSA) is 70.9 Å². The molecular formula is C20H16FN3O2S. The Morgan fingerprint density at radius 3 is 2.63 bits per heavy atom. The number of amides is 1. The molecule has 1 unspecified atom stereocenters. The molecule has 1 fully saturated rings. The number of nitrogens with zero attached hydrogens (tertiary/aromatic N) is 2. The number of hydrogen-bond acceptors (Lipinski definition) is 5. The van der Waals surface area contributed by atoms with Gasteiger partial charge in [-0.15, -0.1) is 5.10 Å². The van der Waals surface area contributed by atoms with E-state index in [1.54, 1.807) is 6.08 Å². The van der Waals surface area contributed by atoms with E-state index in [1.165, 1.54) is 30.5 Å². The average molecular weight is 381 g/mol. The van der Waals surface area contributed by atoms with Crippen LogP contribution in [0, 0.1) is 5.82 Å². The minimum absolute atomic E-state index is 0.0127. The molecular weight excluding hydrogens is 365 g/mol. The first-order valence-corrected chi connectivity index (χ1v) is 9.09. The second-order valence-corrected chi connectivity index (χ2v) is 6.86. The van der Waals surface area contributed by atoms with E-state index in [1.807, 2.05) is 36.4 Å². The van der Waals surface area contributed by atoms with Crippen LogP contribution in [0.25, 0.3) is 6.08 Å². The lowest BCUT2D eigenvalue weighted by molar-refractivity contribution is -0.118. The van der Waals surface area contributed by atoms with Crippen molar-refractivity contribution in [3.63, 3.8) is 0 Å². The van der Waals surface area contributed by atoms with Gasteiger partial charge in [0, 0.05) is 18.2 Å². The number of amidine groups is 1. The van der Waals surface area contributed by atoms with E-state index in [9.17, 15) is 14.0 Å². The van der Waals surface area contributed by atoms with Gasteiger partial charge in [-0.2, -0.15) is 5.10 Å². The molecule has 2 aromatic carbocycles. The van der Waals surface area contributed by atoms with Crippen LogP contribution in [0.15, 0.2) is 70.9 Å². The van der Waals surface area contributed by atoms with Crippen LogP contribution in [0.2, 0.25) is 0 Å². The molecule has 0 spiro atoms. The summed E-state index contributed by atoms with van der Waals surface area (Å²) in [5.41, 5.74) is 1.42. The number of nitrogens with one attached hydrogen (secondary N) is 1. The SMILES string of the molecule is O=C(CC1S\C(=N/N=C/C=C/c2ccccc2)NC1=O)c1ccc(F)cc1. The third-order valence-electron chi connectivity index (χ3n) is 3.70. The van der Waals surface area contributed by atoms with Crippen molar-refractivity contribution in [1.29, 1.82) is 0 Å². The van der Waals surface area contributed by atoms with Crippen LogP contribution in [0.1, 0.15) is 22.3 Å². The smallest absolute Gasteiger partial charge is 0.240 e. The summed E-state index contributed by atoms with van der Waals surface area (Å²) in [6, 6.07) is 15.0. The lowest BCUT2D eigenvalue weighted by Crippen LogP contribution is -2.26. The molecule has 0 bridgehead atoms. The first-order chi connectivity index (χ1) is 13.1. The monoisotopic (exact) mass is 381 g/mol. The molecule has 5 nitrogen and oxygen atoms in total. The molecule has 1 saturated heterocycles. The highest BCUT2D eigenvalue weighted by atomic mass is 32.2. The van der Waals surface area contributed by atoms with Gasteiger partial charge >= 0.3 is 0 Å². The van der Waals surface area contributed by atoms with Crippen LogP contribution >= 0.6 is 11.8 Å². The summed E-state index contributed by atoms with van der Waals surface area (Å²) in [6.45, 7) is 0. The highest BCUT2D eigenvalue weighted by Crippen LogP contribution is 2.24. The molecule has 1 amide bonds. The van der Waals surface area contributed by atoms with Gasteiger partial charge in [-0.25, -0.2) is 4.39 Å². The molecule has 1 aliphatic rings. The van der Waals surface area contributed by atoms with Gasteiger partial charge < -0.3 is 5.32 Å². The third-order valence-corrected chi connectivity index (χ3v) is 4.78. The van der Waals surface area contributed by atoms with Crippen LogP contribution in [-0.2, 0) is 4.79 Å². The van der Waals surface area contributed by atoms with E-state index in [0.29, 0.717) is 10.7 Å². The summed E-state index contributed by atoms with van der Waals surface area (Å²) in [4.78, 5) is 24.2. The van der Waals surface area contributed by atoms with Crippen molar-refractivity contribution in [2.75, 3.05) is 0 Å². The van der Waals surface area contributed by atoms with E-state index in [2.05, 4.69) is 15.5 Å². The fourth-order valence-electron chi connectivity index (χ4n) is 2.35. The number of allylic oxidation sites excluding steroid dienone is 1. The highest BCUT2D eigenvalue weighted by Gasteiger charge is 2.32. The number of thioether (sulfide) groups is 1. The Labute approximate surface area is 160 Å². The Hall–Kier alpha value is -3.06. The summed E-state index contributed by atoms with van der Waals surface area (Å²) in [7, 11) is 0. The van der Waals surface area contributed by atoms with Crippen molar-refractivity contribution in [1.82, 2.24) is 5.32 Å². The molecule has 136 valence electrons. The van der Waals surface area contributed by atoms with Crippen LogP contribution < -0.4 is 5.32 Å². The molecule has 1 heterocycles. The van der Waals surface area contributed by atoms with Gasteiger partial charge in [0.15, 0.2) is 11.0 Å². The minimum atomic E-state index is -0.573. The van der Waals surface area contributed by atoms with Crippen molar-refractivity contribution >= 4 is 40.9 Å². The molecule has 1 atom stereocenters. The molecule has 1 aliphatic heterocycles. The van der Waals surface area contributed by atoms with Gasteiger partial charge in [-0.3, -0.25) is 9.59 Å². The molecule has 0 aliphatic carbocycles. The predicted molar refractivity (Wildman–Crippen MR) is 106 cm³/mol. The first-order valence-electron chi connectivity index (χ1n) is 8.21. The second kappa shape index (κ2) is 9.05. The second-order valence-electron chi connectivity index (χ2n) is 5.67. The summed E-state index contributed by atoms with van der Waals surface area (Å²) in [5, 5.41) is 10.2. The number of rotatable bonds is 6. The van der Waals surface area contributed by atoms with Crippen LogP contribution in [0.5, 0.6) is 0 Å². The molecule has 27 heavy (non-hydrogen) atoms. The van der Waals surface area contributed by atoms with Crippen molar-refractivity contribution in [3.05, 3.63) is 77.6 Å². The van der Waals surface area contributed by atoms with Crippen molar-refractivity contribution in [3.8, 4) is 0 Å². The quantitative estimate of drug-likeness (QED) is 0.471. The summed E-state index contributed by atoms with van der Waals surface area (Å²) >= 11 is 1.16. The van der Waals surface area contributed by atoms with E-state index >= 15 is 0 Å². The first kappa shape index (κ1) is 18.7. The lowest BCUT2D eigenvalue weighted by atomic mass is 10.1. The number of halogens is 1. The number of ketones is 1. The van der Waals surface area contributed by atoms with Crippen molar-refractivity contribution < 1.29 is 14.0 Å². The molecule has 7 heteroatoms. The van der Waals surface area contributed by atoms with Crippen LogP contribution in [0.4, 0.5) is 4.39 Å². The molecule has 0 radical (unpaired) electrons. The number of Topliss-reactive ketones (excluding diaryl/α,β-unsaturated/α-hetero) is 1. The molecule has 3 rings (SSSR count). The van der Waals surface area contributed by atoms with Crippen molar-refractivity contribution in [2.24, 2.45) is 10.2 Å². The fraction of sp³-hybridized carbons (Fsp3) is 0.100. The van der Waals surface area contributed by atoms with Gasteiger partial charge in [0.25, 0.3) is 0 Å². The van der Waals surface area contributed by atoms with Gasteiger partial charge in [0.2, 0.25) is 5.91 Å². The Balaban J connectivity index is 1.54. The standard InChI is InChI=1S/C20H16FN3O2S/c21-16-10-8-15(9-11-16)17(25)13-18-19(26)23-20(27-18)24-22-12-4-7-14-5-2-1-3-6-14/h1-12,18H,13H2,(H,23,24,26)/b7-4+,22-12+. The Bertz CT molecular complexity index is 909. The largest absolute Gasteiger partial charge is 0.303 e. The number of hydrogen-bond donors (Lipinski definition) is 1. The van der Waals surface area contributed by atoms with Gasteiger partial charge in [0.05, 0.1) is 5.25 Å². The normalized spacial score (nSPS) is 18.5. The van der Waals surface area contributed by atoms with Crippen LogP contribution in [-0.4, -0.2) is 28.3 Å². The van der Waals surface area contributed by atoms with E-state index in [0.717, 1.165) is 17.3 Å². The zero-order valence-corrected chi connectivity index (χ0v) is 15.0. The molecule has 0 saturated carbocycles.